The van der Waals surface area contributed by atoms with Crippen LogP contribution in [0.1, 0.15) is 38.0 Å². The van der Waals surface area contributed by atoms with E-state index in [9.17, 15) is 13.9 Å². The summed E-state index contributed by atoms with van der Waals surface area (Å²) in [5, 5.41) is 3.76. The number of nitrogens with zero attached hydrogens (tertiary/aromatic N) is 3. The predicted octanol–water partition coefficient (Wildman–Crippen LogP) is 5.91. The van der Waals surface area contributed by atoms with Crippen LogP contribution in [0.5, 0.6) is 11.5 Å². The molecule has 0 spiro atoms. The molecule has 3 rings (SSSR count). The molecule has 190 valence electrons. The Labute approximate surface area is 208 Å². The Morgan fingerprint density at radius 1 is 1.09 bits per heavy atom. The van der Waals surface area contributed by atoms with E-state index in [-0.39, 0.29) is 16.5 Å². The fourth-order valence-corrected chi connectivity index (χ4v) is 5.49. The number of rotatable bonds is 9. The Bertz CT molecular complexity index is 1190. The molecule has 2 atom stereocenters. The van der Waals surface area contributed by atoms with Crippen LogP contribution in [0.2, 0.25) is 18.1 Å². The van der Waals surface area contributed by atoms with Crippen molar-refractivity contribution in [2.75, 3.05) is 19.8 Å². The molecule has 9 nitrogen and oxygen atoms in total. The van der Waals surface area contributed by atoms with Crippen molar-refractivity contribution in [1.29, 1.82) is 0 Å². The highest BCUT2D eigenvalue weighted by atomic mass is 32.2. The summed E-state index contributed by atoms with van der Waals surface area (Å²) >= 11 is 0. The second-order valence-electron chi connectivity index (χ2n) is 10.0. The first kappa shape index (κ1) is 27.0. The highest BCUT2D eigenvalue weighted by molar-refractivity contribution is 7.86. The average Bonchev–Trinajstić information content (AvgIpc) is 2.79. The molecule has 0 amide bonds. The van der Waals surface area contributed by atoms with E-state index in [1.54, 1.807) is 24.3 Å². The molecule has 1 aliphatic heterocycles. The van der Waals surface area contributed by atoms with E-state index in [2.05, 4.69) is 43.9 Å². The molecule has 0 fully saturated rings. The van der Waals surface area contributed by atoms with E-state index in [0.29, 0.717) is 30.3 Å². The van der Waals surface area contributed by atoms with Gasteiger partial charge in [-0.15, -0.1) is 0 Å². The summed E-state index contributed by atoms with van der Waals surface area (Å²) in [6, 6.07) is 10.8. The lowest BCUT2D eigenvalue weighted by molar-refractivity contribution is 0.124. The SMILES string of the molecule is Cc1ccc(S(=O)(=O)OCC(N=[N+]=[N-])[C@H](O[Si](C)(C)C(C)(C)C)c2ccc3c(c2)OCCO3)cc1. The molecule has 0 aromatic heterocycles. The monoisotopic (exact) mass is 519 g/mol. The summed E-state index contributed by atoms with van der Waals surface area (Å²) < 4.78 is 49.1. The van der Waals surface area contributed by atoms with Gasteiger partial charge in [-0.25, -0.2) is 0 Å². The van der Waals surface area contributed by atoms with Gasteiger partial charge in [0.05, 0.1) is 23.6 Å². The van der Waals surface area contributed by atoms with Crippen molar-refractivity contribution >= 4 is 18.4 Å². The number of fused-ring (bicyclic) bond motifs is 1. The molecule has 35 heavy (non-hydrogen) atoms. The zero-order valence-corrected chi connectivity index (χ0v) is 22.8. The lowest BCUT2D eigenvalue weighted by Crippen LogP contribution is -2.44. The lowest BCUT2D eigenvalue weighted by Gasteiger charge is -2.41. The molecular formula is C24H33N3O6SSi. The van der Waals surface area contributed by atoms with Gasteiger partial charge in [0.25, 0.3) is 10.1 Å². The third kappa shape index (κ3) is 6.56. The molecule has 0 N–H and O–H groups in total. The number of azide groups is 1. The van der Waals surface area contributed by atoms with Crippen molar-refractivity contribution in [2.24, 2.45) is 5.11 Å². The minimum Gasteiger partial charge on any atom is -0.486 e. The minimum absolute atomic E-state index is 0.0315. The number of aryl methyl sites for hydroxylation is 1. The fraction of sp³-hybridized carbons (Fsp3) is 0.500. The van der Waals surface area contributed by atoms with Gasteiger partial charge in [0.15, 0.2) is 19.8 Å². The smallest absolute Gasteiger partial charge is 0.296 e. The zero-order valence-electron chi connectivity index (χ0n) is 21.0. The van der Waals surface area contributed by atoms with Crippen LogP contribution in [0.15, 0.2) is 52.5 Å². The van der Waals surface area contributed by atoms with Gasteiger partial charge in [-0.1, -0.05) is 49.6 Å². The van der Waals surface area contributed by atoms with Crippen molar-refractivity contribution < 1.29 is 26.5 Å². The topological polar surface area (TPSA) is 120 Å². The second-order valence-corrected chi connectivity index (χ2v) is 16.4. The van der Waals surface area contributed by atoms with E-state index in [1.807, 2.05) is 13.0 Å². The van der Waals surface area contributed by atoms with Crippen LogP contribution < -0.4 is 9.47 Å². The van der Waals surface area contributed by atoms with E-state index >= 15 is 0 Å². The summed E-state index contributed by atoms with van der Waals surface area (Å²) in [6.07, 6.45) is -0.754. The molecule has 0 saturated heterocycles. The first-order valence-electron chi connectivity index (χ1n) is 11.4. The van der Waals surface area contributed by atoms with Gasteiger partial charge in [0.2, 0.25) is 0 Å². The van der Waals surface area contributed by atoms with Gasteiger partial charge < -0.3 is 13.9 Å². The Hall–Kier alpha value is -2.56. The molecule has 1 unspecified atom stereocenters. The maximum Gasteiger partial charge on any atom is 0.296 e. The van der Waals surface area contributed by atoms with Gasteiger partial charge in [0.1, 0.15) is 13.2 Å². The molecule has 0 saturated carbocycles. The molecule has 0 bridgehead atoms. The van der Waals surface area contributed by atoms with Gasteiger partial charge >= 0.3 is 0 Å². The van der Waals surface area contributed by atoms with Crippen molar-refractivity contribution in [3.8, 4) is 11.5 Å². The Morgan fingerprint density at radius 2 is 1.71 bits per heavy atom. The number of ether oxygens (including phenoxy) is 2. The maximum atomic E-state index is 12.8. The van der Waals surface area contributed by atoms with Crippen LogP contribution in [0.3, 0.4) is 0 Å². The lowest BCUT2D eigenvalue weighted by atomic mass is 10.0. The standard InChI is InChI=1S/C24H33N3O6SSi/c1-17-7-10-19(11-8-17)34(28,29)32-16-20(26-27-25)23(33-35(5,6)24(2,3)4)18-9-12-21-22(15-18)31-14-13-30-21/h7-12,15,20,23H,13-14,16H2,1-6H3/t20?,23-/m1/s1. The molecule has 1 aliphatic rings. The first-order chi connectivity index (χ1) is 16.3. The van der Waals surface area contributed by atoms with Crippen molar-refractivity contribution in [3.63, 3.8) is 0 Å². The van der Waals surface area contributed by atoms with Crippen LogP contribution in [0.25, 0.3) is 10.4 Å². The normalized spacial score (nSPS) is 15.7. The van der Waals surface area contributed by atoms with Crippen LogP contribution in [0, 0.1) is 6.92 Å². The van der Waals surface area contributed by atoms with Gasteiger partial charge in [0, 0.05) is 4.91 Å². The highest BCUT2D eigenvalue weighted by Gasteiger charge is 2.41. The quantitative estimate of drug-likeness (QED) is 0.133. The summed E-state index contributed by atoms with van der Waals surface area (Å²) in [7, 11) is -6.45. The van der Waals surface area contributed by atoms with Crippen LogP contribution in [-0.2, 0) is 18.7 Å². The van der Waals surface area contributed by atoms with E-state index in [1.165, 1.54) is 12.1 Å². The van der Waals surface area contributed by atoms with Crippen LogP contribution >= 0.6 is 0 Å². The number of hydrogen-bond acceptors (Lipinski definition) is 7. The summed E-state index contributed by atoms with van der Waals surface area (Å²) in [6.45, 7) is 12.8. The van der Waals surface area contributed by atoms with Crippen molar-refractivity contribution in [3.05, 3.63) is 64.0 Å². The number of benzene rings is 2. The molecule has 11 heteroatoms. The molecule has 2 aromatic carbocycles. The molecule has 0 aliphatic carbocycles. The van der Waals surface area contributed by atoms with Crippen molar-refractivity contribution in [1.82, 2.24) is 0 Å². The minimum atomic E-state index is -4.06. The van der Waals surface area contributed by atoms with Gasteiger partial charge in [-0.05, 0) is 60.4 Å². The number of hydrogen-bond donors (Lipinski definition) is 0. The average molecular weight is 520 g/mol. The van der Waals surface area contributed by atoms with Crippen molar-refractivity contribution in [2.45, 2.75) is 62.9 Å². The third-order valence-electron chi connectivity index (χ3n) is 6.38. The van der Waals surface area contributed by atoms with E-state index in [0.717, 1.165) is 5.56 Å². The Kier molecular flexibility index (Phi) is 8.18. The van der Waals surface area contributed by atoms with Crippen LogP contribution in [0.4, 0.5) is 0 Å². The maximum absolute atomic E-state index is 12.8. The highest BCUT2D eigenvalue weighted by Crippen LogP contribution is 2.42. The van der Waals surface area contributed by atoms with Gasteiger partial charge in [-0.2, -0.15) is 8.42 Å². The second kappa shape index (κ2) is 10.6. The predicted molar refractivity (Wildman–Crippen MR) is 136 cm³/mol. The molecule has 0 radical (unpaired) electrons. The summed E-state index contributed by atoms with van der Waals surface area (Å²) in [4.78, 5) is 3.01. The fourth-order valence-electron chi connectivity index (χ4n) is 3.28. The first-order valence-corrected chi connectivity index (χ1v) is 15.7. The summed E-state index contributed by atoms with van der Waals surface area (Å²) in [5.74, 6) is 1.18. The molecule has 1 heterocycles. The largest absolute Gasteiger partial charge is 0.486 e. The molecule has 2 aromatic rings. The Balaban J connectivity index is 1.96. The summed E-state index contributed by atoms with van der Waals surface area (Å²) in [5.41, 5.74) is 10.9. The van der Waals surface area contributed by atoms with Gasteiger partial charge in [-0.3, -0.25) is 4.18 Å². The molecular weight excluding hydrogens is 486 g/mol. The van der Waals surface area contributed by atoms with Crippen LogP contribution in [-0.4, -0.2) is 42.6 Å². The third-order valence-corrected chi connectivity index (χ3v) is 12.1. The van der Waals surface area contributed by atoms with E-state index < -0.39 is 30.6 Å². The Morgan fingerprint density at radius 3 is 2.31 bits per heavy atom. The van der Waals surface area contributed by atoms with E-state index in [4.69, 9.17) is 18.1 Å². The zero-order chi connectivity index (χ0) is 25.9.